The van der Waals surface area contributed by atoms with Gasteiger partial charge in [-0.15, -0.1) is 0 Å². The minimum atomic E-state index is -4.45. The molecule has 1 unspecified atom stereocenters. The van der Waals surface area contributed by atoms with Crippen LogP contribution in [0.25, 0.3) is 11.3 Å². The Morgan fingerprint density at radius 3 is 2.89 bits per heavy atom. The first kappa shape index (κ1) is 18.9. The van der Waals surface area contributed by atoms with E-state index >= 15 is 0 Å². The van der Waals surface area contributed by atoms with Gasteiger partial charge in [0, 0.05) is 29.6 Å². The first-order chi connectivity index (χ1) is 13.4. The molecule has 3 heterocycles. The predicted molar refractivity (Wildman–Crippen MR) is 104 cm³/mol. The maximum absolute atomic E-state index is 13.3. The van der Waals surface area contributed by atoms with Crippen LogP contribution in [-0.4, -0.2) is 35.4 Å². The minimum Gasteiger partial charge on any atom is -0.343 e. The molecule has 4 rings (SSSR count). The fraction of sp³-hybridized carbons (Fsp3) is 0.381. The van der Waals surface area contributed by atoms with E-state index in [-0.39, 0.29) is 5.69 Å². The average molecular weight is 387 g/mol. The van der Waals surface area contributed by atoms with Crippen molar-refractivity contribution in [2.45, 2.75) is 25.9 Å². The number of nitrogens with zero attached hydrogens (tertiary/aromatic N) is 3. The number of amidine groups is 1. The number of likely N-dealkylation sites (tertiary alicyclic amines) is 1. The van der Waals surface area contributed by atoms with Gasteiger partial charge in [-0.25, -0.2) is 0 Å². The van der Waals surface area contributed by atoms with E-state index in [2.05, 4.69) is 27.1 Å². The van der Waals surface area contributed by atoms with Crippen LogP contribution in [-0.2, 0) is 6.18 Å². The summed E-state index contributed by atoms with van der Waals surface area (Å²) in [4.78, 5) is 10.8. The van der Waals surface area contributed by atoms with Gasteiger partial charge in [-0.1, -0.05) is 19.1 Å². The monoisotopic (exact) mass is 387 g/mol. The summed E-state index contributed by atoms with van der Waals surface area (Å²) in [5.74, 6) is 1.49. The lowest BCUT2D eigenvalue weighted by molar-refractivity contribution is -0.137. The van der Waals surface area contributed by atoms with E-state index in [4.69, 9.17) is 0 Å². The van der Waals surface area contributed by atoms with Crippen molar-refractivity contribution in [1.29, 1.82) is 0 Å². The highest BCUT2D eigenvalue weighted by Gasteiger charge is 2.34. The summed E-state index contributed by atoms with van der Waals surface area (Å²) in [6.07, 6.45) is -0.635. The number of nitrogens with one attached hydrogen (secondary N) is 1. The Morgan fingerprint density at radius 2 is 2.11 bits per heavy atom. The van der Waals surface area contributed by atoms with Crippen molar-refractivity contribution in [2.24, 2.45) is 10.9 Å². The van der Waals surface area contributed by atoms with Gasteiger partial charge in [-0.05, 0) is 43.5 Å². The largest absolute Gasteiger partial charge is 0.418 e. The molecule has 1 aromatic carbocycles. The van der Waals surface area contributed by atoms with Crippen molar-refractivity contribution in [2.75, 3.05) is 25.0 Å². The Labute approximate surface area is 162 Å². The molecule has 0 spiro atoms. The van der Waals surface area contributed by atoms with Gasteiger partial charge in [-0.3, -0.25) is 14.9 Å². The SMILES string of the molecule is CC1CCCN(CC2=N[CH]c3ccc(-c4ncccc4C(F)(F)F)cc3N2)C1. The molecule has 4 nitrogen and oxygen atoms in total. The molecule has 7 heteroatoms. The first-order valence-electron chi connectivity index (χ1n) is 9.46. The second-order valence-corrected chi connectivity index (χ2v) is 7.51. The van der Waals surface area contributed by atoms with Crippen LogP contribution in [0, 0.1) is 12.5 Å². The normalized spacial score (nSPS) is 20.3. The lowest BCUT2D eigenvalue weighted by Crippen LogP contribution is -2.40. The van der Waals surface area contributed by atoms with E-state index in [9.17, 15) is 13.2 Å². The fourth-order valence-corrected chi connectivity index (χ4v) is 3.85. The predicted octanol–water partition coefficient (Wildman–Crippen LogP) is 4.83. The number of pyridine rings is 1. The van der Waals surface area contributed by atoms with Crippen LogP contribution in [0.4, 0.5) is 18.9 Å². The van der Waals surface area contributed by atoms with E-state index < -0.39 is 11.7 Å². The Balaban J connectivity index is 1.56. The highest BCUT2D eigenvalue weighted by Crippen LogP contribution is 2.37. The molecule has 2 aromatic rings. The molecule has 0 bridgehead atoms. The molecular weight excluding hydrogens is 365 g/mol. The van der Waals surface area contributed by atoms with E-state index in [1.54, 1.807) is 24.7 Å². The number of fused-ring (bicyclic) bond motifs is 1. The van der Waals surface area contributed by atoms with Crippen LogP contribution >= 0.6 is 0 Å². The van der Waals surface area contributed by atoms with Gasteiger partial charge >= 0.3 is 6.18 Å². The number of anilines is 1. The second-order valence-electron chi connectivity index (χ2n) is 7.51. The molecule has 1 radical (unpaired) electrons. The van der Waals surface area contributed by atoms with Crippen molar-refractivity contribution in [1.82, 2.24) is 9.88 Å². The highest BCUT2D eigenvalue weighted by atomic mass is 19.4. The quantitative estimate of drug-likeness (QED) is 0.820. The maximum Gasteiger partial charge on any atom is 0.418 e. The standard InChI is InChI=1S/C21H22F3N4/c1-14-4-3-9-28(12-14)13-19-26-11-16-7-6-15(10-18(16)27-19)20-17(21(22,23)24)5-2-8-25-20/h2,5-8,10-11,14H,3-4,9,12-13H2,1H3,(H,26,27). The van der Waals surface area contributed by atoms with Crippen LogP contribution in [0.3, 0.4) is 0 Å². The van der Waals surface area contributed by atoms with Crippen LogP contribution in [0.2, 0.25) is 0 Å². The van der Waals surface area contributed by atoms with Gasteiger partial charge in [0.1, 0.15) is 12.4 Å². The van der Waals surface area contributed by atoms with Gasteiger partial charge in [0.05, 0.1) is 17.8 Å². The third kappa shape index (κ3) is 4.04. The maximum atomic E-state index is 13.3. The summed E-state index contributed by atoms with van der Waals surface area (Å²) < 4.78 is 40.0. The summed E-state index contributed by atoms with van der Waals surface area (Å²) in [6.45, 7) is 6.81. The number of halogens is 3. The summed E-state index contributed by atoms with van der Waals surface area (Å²) in [5.41, 5.74) is 1.25. The average Bonchev–Trinajstić information content (AvgIpc) is 2.67. The Bertz CT molecular complexity index is 891. The van der Waals surface area contributed by atoms with Gasteiger partial charge < -0.3 is 5.32 Å². The number of hydrogen-bond donors (Lipinski definition) is 1. The topological polar surface area (TPSA) is 40.5 Å². The number of piperidine rings is 1. The molecule has 2 aliphatic heterocycles. The molecule has 1 saturated heterocycles. The molecular formula is C21H22F3N4. The Hall–Kier alpha value is -2.41. The van der Waals surface area contributed by atoms with E-state index in [1.165, 1.54) is 25.1 Å². The number of rotatable bonds is 3. The van der Waals surface area contributed by atoms with Gasteiger partial charge in [0.2, 0.25) is 0 Å². The van der Waals surface area contributed by atoms with E-state index in [1.807, 2.05) is 0 Å². The second kappa shape index (κ2) is 7.54. The van der Waals surface area contributed by atoms with Crippen molar-refractivity contribution in [3.63, 3.8) is 0 Å². The van der Waals surface area contributed by atoms with Gasteiger partial charge in [0.15, 0.2) is 0 Å². The van der Waals surface area contributed by atoms with Crippen LogP contribution in [0.1, 0.15) is 30.9 Å². The highest BCUT2D eigenvalue weighted by molar-refractivity contribution is 6.00. The minimum absolute atomic E-state index is 0.0616. The molecule has 1 fully saturated rings. The Kier molecular flexibility index (Phi) is 5.10. The number of benzene rings is 1. The summed E-state index contributed by atoms with van der Waals surface area (Å²) in [7, 11) is 0. The molecule has 0 saturated carbocycles. The van der Waals surface area contributed by atoms with Crippen LogP contribution in [0.15, 0.2) is 41.5 Å². The molecule has 1 atom stereocenters. The van der Waals surface area contributed by atoms with E-state index in [0.717, 1.165) is 36.2 Å². The fourth-order valence-electron chi connectivity index (χ4n) is 3.85. The number of aliphatic imine (C=N–C) groups is 1. The van der Waals surface area contributed by atoms with E-state index in [0.29, 0.717) is 18.0 Å². The molecule has 1 aromatic heterocycles. The zero-order chi connectivity index (χ0) is 19.7. The smallest absolute Gasteiger partial charge is 0.343 e. The van der Waals surface area contributed by atoms with Crippen molar-refractivity contribution in [3.05, 3.63) is 54.2 Å². The van der Waals surface area contributed by atoms with Gasteiger partial charge in [-0.2, -0.15) is 13.2 Å². The lowest BCUT2D eigenvalue weighted by atomic mass is 10.00. The third-order valence-corrected chi connectivity index (χ3v) is 5.19. The summed E-state index contributed by atoms with van der Waals surface area (Å²) in [5, 5.41) is 3.30. The molecule has 2 aliphatic rings. The van der Waals surface area contributed by atoms with Gasteiger partial charge in [0.25, 0.3) is 0 Å². The van der Waals surface area contributed by atoms with Crippen molar-refractivity contribution >= 4 is 11.5 Å². The number of hydrogen-bond acceptors (Lipinski definition) is 4. The number of alkyl halides is 3. The molecule has 147 valence electrons. The van der Waals surface area contributed by atoms with Crippen molar-refractivity contribution in [3.8, 4) is 11.3 Å². The molecule has 0 aliphatic carbocycles. The third-order valence-electron chi connectivity index (χ3n) is 5.19. The first-order valence-corrected chi connectivity index (χ1v) is 9.46. The molecule has 1 N–H and O–H groups in total. The Morgan fingerprint density at radius 1 is 1.25 bits per heavy atom. The zero-order valence-corrected chi connectivity index (χ0v) is 15.6. The lowest BCUT2D eigenvalue weighted by Gasteiger charge is -2.32. The summed E-state index contributed by atoms with van der Waals surface area (Å²) in [6, 6.07) is 7.51. The summed E-state index contributed by atoms with van der Waals surface area (Å²) >= 11 is 0. The van der Waals surface area contributed by atoms with Crippen LogP contribution in [0.5, 0.6) is 0 Å². The van der Waals surface area contributed by atoms with Crippen molar-refractivity contribution < 1.29 is 13.2 Å². The number of aromatic nitrogens is 1. The van der Waals surface area contributed by atoms with Crippen LogP contribution < -0.4 is 5.32 Å². The zero-order valence-electron chi connectivity index (χ0n) is 15.6. The molecule has 0 amide bonds. The molecule has 28 heavy (non-hydrogen) atoms.